The summed E-state index contributed by atoms with van der Waals surface area (Å²) in [6.45, 7) is 6.03. The lowest BCUT2D eigenvalue weighted by molar-refractivity contribution is 0.0841. The molecule has 148 valence electrons. The van der Waals surface area contributed by atoms with Gasteiger partial charge in [0.2, 0.25) is 0 Å². The summed E-state index contributed by atoms with van der Waals surface area (Å²) in [5.41, 5.74) is 2.04. The van der Waals surface area contributed by atoms with E-state index in [1.807, 2.05) is 19.1 Å². The molecule has 0 aromatic heterocycles. The van der Waals surface area contributed by atoms with Crippen LogP contribution in [-0.2, 0) is 6.42 Å². The number of aliphatic hydroxyl groups is 1. The fourth-order valence-corrected chi connectivity index (χ4v) is 3.57. The van der Waals surface area contributed by atoms with Crippen molar-refractivity contribution in [2.24, 2.45) is 0 Å². The Kier molecular flexibility index (Phi) is 6.08. The van der Waals surface area contributed by atoms with Gasteiger partial charge < -0.3 is 14.6 Å². The van der Waals surface area contributed by atoms with E-state index in [2.05, 4.69) is 24.3 Å². The van der Waals surface area contributed by atoms with Gasteiger partial charge >= 0.3 is 0 Å². The van der Waals surface area contributed by atoms with Gasteiger partial charge in [-0.25, -0.2) is 0 Å². The number of hydrogen-bond donors (Lipinski definition) is 1. The zero-order valence-electron chi connectivity index (χ0n) is 16.8. The van der Waals surface area contributed by atoms with Crippen LogP contribution in [0.25, 0.3) is 0 Å². The fraction of sp³-hybridized carbons (Fsp3) is 0.375. The first-order valence-corrected chi connectivity index (χ1v) is 9.82. The highest BCUT2D eigenvalue weighted by molar-refractivity contribution is 6.13. The van der Waals surface area contributed by atoms with Crippen LogP contribution in [0, 0.1) is 6.92 Å². The van der Waals surface area contributed by atoms with Crippen LogP contribution in [0.4, 0.5) is 0 Å². The van der Waals surface area contributed by atoms with Crippen molar-refractivity contribution in [2.75, 3.05) is 6.61 Å². The summed E-state index contributed by atoms with van der Waals surface area (Å²) in [7, 11) is 0. The molecule has 0 atom stereocenters. The van der Waals surface area contributed by atoms with Crippen molar-refractivity contribution in [3.8, 4) is 11.5 Å². The Labute approximate surface area is 166 Å². The molecule has 4 heteroatoms. The largest absolute Gasteiger partial charge is 0.515 e. The average molecular weight is 380 g/mol. The number of aryl methyl sites for hydroxylation is 2. The van der Waals surface area contributed by atoms with E-state index in [9.17, 15) is 9.90 Å². The first-order valence-electron chi connectivity index (χ1n) is 9.82. The first kappa shape index (κ1) is 20.0. The van der Waals surface area contributed by atoms with Crippen molar-refractivity contribution in [3.05, 3.63) is 71.0 Å². The van der Waals surface area contributed by atoms with Gasteiger partial charge in [-0.1, -0.05) is 30.3 Å². The second-order valence-corrected chi connectivity index (χ2v) is 7.74. The Morgan fingerprint density at radius 3 is 2.57 bits per heavy atom. The van der Waals surface area contributed by atoms with Crippen molar-refractivity contribution >= 4 is 5.78 Å². The summed E-state index contributed by atoms with van der Waals surface area (Å²) in [6.07, 6.45) is 5.16. The van der Waals surface area contributed by atoms with Gasteiger partial charge in [-0.3, -0.25) is 4.79 Å². The molecule has 2 aromatic rings. The topological polar surface area (TPSA) is 55.8 Å². The number of carbonyl (C=O) groups excluding carboxylic acids is 1. The van der Waals surface area contributed by atoms with E-state index in [-0.39, 0.29) is 11.4 Å². The summed E-state index contributed by atoms with van der Waals surface area (Å²) in [5, 5.41) is 9.44. The number of carbonyl (C=O) groups is 1. The molecule has 0 radical (unpaired) electrons. The standard InChI is InChI=1S/C24H28O4/c1-17-14-19(27-13-9-5-8-12-18-10-6-4-7-11-18)15-21-22(17)23(26)20(16-25)24(2,3)28-21/h4,6-7,10-11,14-16,25H,5,8-9,12-13H2,1-3H3/b20-16+. The summed E-state index contributed by atoms with van der Waals surface area (Å²) < 4.78 is 11.9. The van der Waals surface area contributed by atoms with Gasteiger partial charge in [0.25, 0.3) is 0 Å². The Morgan fingerprint density at radius 2 is 1.86 bits per heavy atom. The molecule has 3 rings (SSSR count). The quantitative estimate of drug-likeness (QED) is 0.387. The number of ketones is 1. The highest BCUT2D eigenvalue weighted by Crippen LogP contribution is 2.40. The van der Waals surface area contributed by atoms with Crippen molar-refractivity contribution in [1.29, 1.82) is 0 Å². The molecule has 2 aromatic carbocycles. The molecule has 0 spiro atoms. The van der Waals surface area contributed by atoms with Gasteiger partial charge in [0.05, 0.1) is 24.0 Å². The van der Waals surface area contributed by atoms with E-state index in [4.69, 9.17) is 9.47 Å². The number of rotatable bonds is 7. The van der Waals surface area contributed by atoms with Gasteiger partial charge in [-0.15, -0.1) is 0 Å². The lowest BCUT2D eigenvalue weighted by Crippen LogP contribution is -2.39. The van der Waals surface area contributed by atoms with Gasteiger partial charge in [-0.2, -0.15) is 0 Å². The maximum absolute atomic E-state index is 12.7. The molecule has 0 amide bonds. The normalized spacial score (nSPS) is 16.5. The van der Waals surface area contributed by atoms with Crippen molar-refractivity contribution in [1.82, 2.24) is 0 Å². The Hall–Kier alpha value is -2.75. The summed E-state index contributed by atoms with van der Waals surface area (Å²) >= 11 is 0. The molecule has 28 heavy (non-hydrogen) atoms. The van der Waals surface area contributed by atoms with Crippen molar-refractivity contribution in [2.45, 2.75) is 52.1 Å². The lowest BCUT2D eigenvalue weighted by atomic mass is 9.86. The van der Waals surface area contributed by atoms with E-state index in [0.29, 0.717) is 23.7 Å². The summed E-state index contributed by atoms with van der Waals surface area (Å²) in [5.74, 6) is 1.03. The highest BCUT2D eigenvalue weighted by atomic mass is 16.5. The number of Topliss-reactive ketones (excluding diaryl/α,β-unsaturated/α-hetero) is 1. The molecule has 1 heterocycles. The van der Waals surface area contributed by atoms with Gasteiger partial charge in [0, 0.05) is 6.07 Å². The van der Waals surface area contributed by atoms with Crippen LogP contribution in [0.1, 0.15) is 54.6 Å². The number of fused-ring (bicyclic) bond motifs is 1. The highest BCUT2D eigenvalue weighted by Gasteiger charge is 2.39. The van der Waals surface area contributed by atoms with Crippen LogP contribution < -0.4 is 9.47 Å². The summed E-state index contributed by atoms with van der Waals surface area (Å²) in [4.78, 5) is 12.7. The average Bonchev–Trinajstić information content (AvgIpc) is 2.64. The fourth-order valence-electron chi connectivity index (χ4n) is 3.57. The Bertz CT molecular complexity index is 866. The third kappa shape index (κ3) is 4.38. The maximum Gasteiger partial charge on any atom is 0.200 e. The zero-order chi connectivity index (χ0) is 20.1. The Balaban J connectivity index is 1.56. The van der Waals surface area contributed by atoms with Crippen molar-refractivity contribution in [3.63, 3.8) is 0 Å². The van der Waals surface area contributed by atoms with Gasteiger partial charge in [0.15, 0.2) is 5.78 Å². The molecular formula is C24H28O4. The SMILES string of the molecule is Cc1cc(OCCCCCc2ccccc2)cc2c1C(=O)/C(=C\O)C(C)(C)O2. The number of ether oxygens (including phenoxy) is 2. The predicted molar refractivity (Wildman–Crippen MR) is 110 cm³/mol. The van der Waals surface area contributed by atoms with E-state index < -0.39 is 5.60 Å². The minimum Gasteiger partial charge on any atom is -0.515 e. The number of hydrogen-bond acceptors (Lipinski definition) is 4. The monoisotopic (exact) mass is 380 g/mol. The molecule has 0 unspecified atom stereocenters. The summed E-state index contributed by atoms with van der Waals surface area (Å²) in [6, 6.07) is 14.1. The molecule has 0 aliphatic carbocycles. The molecular weight excluding hydrogens is 352 g/mol. The molecule has 1 aliphatic heterocycles. The smallest absolute Gasteiger partial charge is 0.200 e. The van der Waals surface area contributed by atoms with E-state index >= 15 is 0 Å². The second kappa shape index (κ2) is 8.51. The number of aliphatic hydroxyl groups excluding tert-OH is 1. The minimum atomic E-state index is -0.874. The van der Waals surface area contributed by atoms with Crippen LogP contribution >= 0.6 is 0 Å². The molecule has 0 saturated heterocycles. The lowest BCUT2D eigenvalue weighted by Gasteiger charge is -2.34. The van der Waals surface area contributed by atoms with Crippen molar-refractivity contribution < 1.29 is 19.4 Å². The third-order valence-corrected chi connectivity index (χ3v) is 5.11. The van der Waals surface area contributed by atoms with E-state index in [1.165, 1.54) is 5.56 Å². The van der Waals surface area contributed by atoms with Crippen LogP contribution in [-0.4, -0.2) is 23.1 Å². The van der Waals surface area contributed by atoms with Crippen LogP contribution in [0.15, 0.2) is 54.3 Å². The second-order valence-electron chi connectivity index (χ2n) is 7.74. The van der Waals surface area contributed by atoms with Gasteiger partial charge in [0.1, 0.15) is 17.1 Å². The van der Waals surface area contributed by atoms with Crippen LogP contribution in [0.5, 0.6) is 11.5 Å². The molecule has 0 saturated carbocycles. The zero-order valence-corrected chi connectivity index (χ0v) is 16.8. The molecule has 1 aliphatic rings. The number of unbranched alkanes of at least 4 members (excludes halogenated alkanes) is 2. The Morgan fingerprint density at radius 1 is 1.11 bits per heavy atom. The van der Waals surface area contributed by atoms with Crippen LogP contribution in [0.3, 0.4) is 0 Å². The molecule has 4 nitrogen and oxygen atoms in total. The van der Waals surface area contributed by atoms with Gasteiger partial charge in [-0.05, 0) is 63.6 Å². The predicted octanol–water partition coefficient (Wildman–Crippen LogP) is 5.58. The molecule has 1 N–H and O–H groups in total. The third-order valence-electron chi connectivity index (χ3n) is 5.11. The minimum absolute atomic E-state index is 0.196. The first-order chi connectivity index (χ1) is 13.4. The molecule has 0 fully saturated rings. The van der Waals surface area contributed by atoms with Crippen LogP contribution in [0.2, 0.25) is 0 Å². The molecule has 0 bridgehead atoms. The van der Waals surface area contributed by atoms with E-state index in [0.717, 1.165) is 37.5 Å². The maximum atomic E-state index is 12.7. The number of benzene rings is 2. The van der Waals surface area contributed by atoms with E-state index in [1.54, 1.807) is 19.9 Å².